The smallest absolute Gasteiger partial charge is 0.260 e. The second-order valence-electron chi connectivity index (χ2n) is 6.62. The molecule has 0 bridgehead atoms. The van der Waals surface area contributed by atoms with Crippen LogP contribution in [0.25, 0.3) is 0 Å². The molecule has 0 radical (unpaired) electrons. The molecule has 7 heteroatoms. The zero-order valence-corrected chi connectivity index (χ0v) is 17.6. The predicted octanol–water partition coefficient (Wildman–Crippen LogP) is 4.26. The number of carbonyl (C=O) groups is 2. The Bertz CT molecular complexity index is 776. The third-order valence-electron chi connectivity index (χ3n) is 4.01. The van der Waals surface area contributed by atoms with E-state index in [2.05, 4.69) is 36.3 Å². The zero-order chi connectivity index (χ0) is 20.6. The molecule has 1 aromatic heterocycles. The Morgan fingerprint density at radius 2 is 1.70 bits per heavy atom. The zero-order valence-electron chi connectivity index (χ0n) is 16.8. The number of carbonyl (C=O) groups excluding carboxylic acids is 2. The molecule has 0 atom stereocenters. The Kier molecular flexibility index (Phi) is 8.94. The van der Waals surface area contributed by atoms with Crippen molar-refractivity contribution in [3.8, 4) is 0 Å². The van der Waals surface area contributed by atoms with Gasteiger partial charge in [0.25, 0.3) is 5.91 Å². The fraction of sp³-hybridized carbons (Fsp3) is 0.450. The number of nitrogens with zero attached hydrogens (tertiary/aromatic N) is 1. The van der Waals surface area contributed by atoms with Gasteiger partial charge in [0.15, 0.2) is 5.13 Å². The summed E-state index contributed by atoms with van der Waals surface area (Å²) >= 11 is 1.12. The monoisotopic (exact) mass is 390 g/mol. The minimum atomic E-state index is -0.508. The number of nitrogens with one attached hydrogen (secondary N) is 1. The molecule has 1 aromatic carbocycles. The lowest BCUT2D eigenvalue weighted by molar-refractivity contribution is -0.116. The number of rotatable bonds is 6. The predicted molar refractivity (Wildman–Crippen MR) is 113 cm³/mol. The summed E-state index contributed by atoms with van der Waals surface area (Å²) in [5, 5.41) is 3.12. The average Bonchev–Trinajstić information content (AvgIpc) is 2.94. The standard InChI is InChI=1S/C11H17N3O2S.C9H13N/c1-3-4-5-6-8(15)14-11-13-7(2)9(17-11)10(12)16;1-6-4-7(2)9(10)8(3)5-6/h3-6H2,1-2H3,(H2,12,16)(H,13,14,15);4-5H,10H2,1-3H3. The van der Waals surface area contributed by atoms with Crippen LogP contribution in [0.2, 0.25) is 0 Å². The first kappa shape index (κ1) is 22.6. The topological polar surface area (TPSA) is 111 Å². The Morgan fingerprint density at radius 3 is 2.19 bits per heavy atom. The van der Waals surface area contributed by atoms with Crippen LogP contribution in [0, 0.1) is 27.7 Å². The third-order valence-corrected chi connectivity index (χ3v) is 5.10. The number of nitrogen functional groups attached to an aromatic ring is 1. The lowest BCUT2D eigenvalue weighted by atomic mass is 10.1. The van der Waals surface area contributed by atoms with Crippen LogP contribution in [-0.4, -0.2) is 16.8 Å². The maximum atomic E-state index is 11.5. The molecule has 2 amide bonds. The summed E-state index contributed by atoms with van der Waals surface area (Å²) in [7, 11) is 0. The van der Waals surface area contributed by atoms with Crippen LogP contribution in [-0.2, 0) is 4.79 Å². The van der Waals surface area contributed by atoms with Crippen molar-refractivity contribution in [1.82, 2.24) is 4.98 Å². The van der Waals surface area contributed by atoms with E-state index in [9.17, 15) is 9.59 Å². The molecule has 0 spiro atoms. The van der Waals surface area contributed by atoms with Gasteiger partial charge in [0.1, 0.15) is 4.88 Å². The molecule has 1 heterocycles. The average molecular weight is 391 g/mol. The number of primary amides is 1. The van der Waals surface area contributed by atoms with E-state index in [1.807, 2.05) is 13.8 Å². The Balaban J connectivity index is 0.000000309. The minimum absolute atomic E-state index is 0.0665. The molecule has 5 N–H and O–H groups in total. The number of benzene rings is 1. The summed E-state index contributed by atoms with van der Waals surface area (Å²) in [6.45, 7) is 9.94. The SMILES string of the molecule is CCCCCC(=O)Nc1nc(C)c(C(N)=O)s1.Cc1cc(C)c(N)c(C)c1. The molecular formula is C20H30N4O2S. The van der Waals surface area contributed by atoms with Crippen LogP contribution in [0.1, 0.15) is 64.7 Å². The highest BCUT2D eigenvalue weighted by Gasteiger charge is 2.13. The molecule has 0 unspecified atom stereocenters. The number of thiazole rings is 1. The highest BCUT2D eigenvalue weighted by Crippen LogP contribution is 2.22. The minimum Gasteiger partial charge on any atom is -0.398 e. The lowest BCUT2D eigenvalue weighted by Gasteiger charge is -2.04. The van der Waals surface area contributed by atoms with E-state index in [1.54, 1.807) is 6.92 Å². The van der Waals surface area contributed by atoms with Crippen LogP contribution in [0.15, 0.2) is 12.1 Å². The van der Waals surface area contributed by atoms with Crippen LogP contribution < -0.4 is 16.8 Å². The van der Waals surface area contributed by atoms with Crippen molar-refractivity contribution in [3.63, 3.8) is 0 Å². The van der Waals surface area contributed by atoms with Crippen LogP contribution in [0.3, 0.4) is 0 Å². The van der Waals surface area contributed by atoms with E-state index in [0.717, 1.165) is 36.3 Å². The molecule has 6 nitrogen and oxygen atoms in total. The molecule has 0 saturated carbocycles. The number of hydrogen-bond acceptors (Lipinski definition) is 5. The molecule has 2 aromatic rings. The van der Waals surface area contributed by atoms with Crippen molar-refractivity contribution in [2.45, 2.75) is 60.3 Å². The molecule has 0 saturated heterocycles. The highest BCUT2D eigenvalue weighted by atomic mass is 32.1. The molecular weight excluding hydrogens is 360 g/mol. The van der Waals surface area contributed by atoms with Gasteiger partial charge in [-0.1, -0.05) is 48.8 Å². The Hall–Kier alpha value is -2.41. The number of hydrogen-bond donors (Lipinski definition) is 3. The Morgan fingerprint density at radius 1 is 1.11 bits per heavy atom. The summed E-state index contributed by atoms with van der Waals surface area (Å²) in [4.78, 5) is 27.0. The molecule has 0 aliphatic carbocycles. The van der Waals surface area contributed by atoms with E-state index >= 15 is 0 Å². The summed E-state index contributed by atoms with van der Waals surface area (Å²) in [6.07, 6.45) is 3.47. The highest BCUT2D eigenvalue weighted by molar-refractivity contribution is 7.17. The van der Waals surface area contributed by atoms with E-state index in [4.69, 9.17) is 11.5 Å². The number of aromatic nitrogens is 1. The number of amides is 2. The first-order valence-electron chi connectivity index (χ1n) is 9.06. The maximum absolute atomic E-state index is 11.5. The van der Waals surface area contributed by atoms with Crippen molar-refractivity contribution in [1.29, 1.82) is 0 Å². The normalized spacial score (nSPS) is 10.1. The molecule has 148 valence electrons. The first-order chi connectivity index (χ1) is 12.6. The van der Waals surface area contributed by atoms with Crippen LogP contribution in [0.5, 0.6) is 0 Å². The van der Waals surface area contributed by atoms with Gasteiger partial charge in [0.2, 0.25) is 5.91 Å². The van der Waals surface area contributed by atoms with E-state index < -0.39 is 5.91 Å². The van der Waals surface area contributed by atoms with E-state index in [-0.39, 0.29) is 5.91 Å². The fourth-order valence-corrected chi connectivity index (χ4v) is 3.42. The fourth-order valence-electron chi connectivity index (χ4n) is 2.59. The van der Waals surface area contributed by atoms with Gasteiger partial charge < -0.3 is 16.8 Å². The Labute approximate surface area is 165 Å². The maximum Gasteiger partial charge on any atom is 0.260 e. The van der Waals surface area contributed by atoms with Crippen molar-refractivity contribution >= 4 is 34.0 Å². The van der Waals surface area contributed by atoms with Gasteiger partial charge in [-0.15, -0.1) is 0 Å². The number of anilines is 2. The van der Waals surface area contributed by atoms with Crippen LogP contribution >= 0.6 is 11.3 Å². The molecule has 27 heavy (non-hydrogen) atoms. The summed E-state index contributed by atoms with van der Waals surface area (Å²) in [5.74, 6) is -0.574. The number of unbranched alkanes of at least 4 members (excludes halogenated alkanes) is 2. The van der Waals surface area contributed by atoms with Gasteiger partial charge in [-0.05, 0) is 45.2 Å². The van der Waals surface area contributed by atoms with Gasteiger partial charge in [0.05, 0.1) is 5.69 Å². The van der Waals surface area contributed by atoms with Crippen molar-refractivity contribution in [2.75, 3.05) is 11.1 Å². The van der Waals surface area contributed by atoms with E-state index in [0.29, 0.717) is 22.1 Å². The van der Waals surface area contributed by atoms with Gasteiger partial charge in [-0.3, -0.25) is 9.59 Å². The molecule has 2 rings (SSSR count). The molecule has 0 fully saturated rings. The van der Waals surface area contributed by atoms with Gasteiger partial charge >= 0.3 is 0 Å². The first-order valence-corrected chi connectivity index (χ1v) is 9.87. The second-order valence-corrected chi connectivity index (χ2v) is 7.61. The lowest BCUT2D eigenvalue weighted by Crippen LogP contribution is -2.10. The van der Waals surface area contributed by atoms with Crippen LogP contribution in [0.4, 0.5) is 10.8 Å². The number of aryl methyl sites for hydroxylation is 4. The summed E-state index contributed by atoms with van der Waals surface area (Å²) in [5.41, 5.74) is 16.0. The summed E-state index contributed by atoms with van der Waals surface area (Å²) < 4.78 is 0. The number of nitrogens with two attached hydrogens (primary N) is 2. The third kappa shape index (κ3) is 7.38. The van der Waals surface area contributed by atoms with Gasteiger partial charge in [0, 0.05) is 12.1 Å². The van der Waals surface area contributed by atoms with Gasteiger partial charge in [-0.25, -0.2) is 4.98 Å². The van der Waals surface area contributed by atoms with Crippen molar-refractivity contribution < 1.29 is 9.59 Å². The molecule has 0 aliphatic rings. The van der Waals surface area contributed by atoms with Crippen molar-refractivity contribution in [3.05, 3.63) is 39.4 Å². The quantitative estimate of drug-likeness (QED) is 0.505. The molecule has 0 aliphatic heterocycles. The van der Waals surface area contributed by atoms with Crippen molar-refractivity contribution in [2.24, 2.45) is 5.73 Å². The van der Waals surface area contributed by atoms with Gasteiger partial charge in [-0.2, -0.15) is 0 Å². The second kappa shape index (κ2) is 10.7. The summed E-state index contributed by atoms with van der Waals surface area (Å²) in [6, 6.07) is 4.20. The largest absolute Gasteiger partial charge is 0.398 e. The van der Waals surface area contributed by atoms with E-state index in [1.165, 1.54) is 16.7 Å².